The van der Waals surface area contributed by atoms with E-state index in [4.69, 9.17) is 20.9 Å². The van der Waals surface area contributed by atoms with Crippen molar-refractivity contribution in [2.75, 3.05) is 18.6 Å². The number of benzene rings is 2. The molecule has 4 aromatic rings. The quantitative estimate of drug-likeness (QED) is 0.405. The molecule has 0 amide bonds. The van der Waals surface area contributed by atoms with Crippen molar-refractivity contribution in [2.24, 2.45) is 0 Å². The molecule has 30 heavy (non-hydrogen) atoms. The zero-order valence-electron chi connectivity index (χ0n) is 17.2. The van der Waals surface area contributed by atoms with E-state index >= 15 is 0 Å². The Bertz CT molecular complexity index is 1120. The van der Waals surface area contributed by atoms with E-state index in [0.29, 0.717) is 24.4 Å². The van der Waals surface area contributed by atoms with E-state index in [1.54, 1.807) is 0 Å². The van der Waals surface area contributed by atoms with Crippen molar-refractivity contribution in [1.82, 2.24) is 20.1 Å². The molecule has 0 unspecified atom stereocenters. The first-order chi connectivity index (χ1) is 14.5. The predicted molar refractivity (Wildman–Crippen MR) is 118 cm³/mol. The second-order valence-corrected chi connectivity index (χ2v) is 7.87. The maximum atomic E-state index is 5.90. The van der Waals surface area contributed by atoms with Gasteiger partial charge in [-0.3, -0.25) is 0 Å². The van der Waals surface area contributed by atoms with Crippen molar-refractivity contribution in [1.29, 1.82) is 0 Å². The second-order valence-electron chi connectivity index (χ2n) is 7.44. The van der Waals surface area contributed by atoms with Crippen LogP contribution in [0, 0.1) is 0 Å². The molecule has 156 valence electrons. The van der Waals surface area contributed by atoms with Crippen molar-refractivity contribution in [3.8, 4) is 11.4 Å². The topological polar surface area (TPSA) is 80.1 Å². The number of imidazole rings is 1. The molecule has 7 nitrogen and oxygen atoms in total. The lowest BCUT2D eigenvalue weighted by Crippen LogP contribution is -2.26. The molecule has 2 aromatic carbocycles. The molecule has 0 aliphatic heterocycles. The molecule has 0 aliphatic carbocycles. The van der Waals surface area contributed by atoms with Crippen molar-refractivity contribution < 1.29 is 9.26 Å². The molecule has 0 aliphatic rings. The van der Waals surface area contributed by atoms with Gasteiger partial charge in [-0.2, -0.15) is 4.98 Å². The summed E-state index contributed by atoms with van der Waals surface area (Å²) in [5, 5.41) is 4.82. The lowest BCUT2D eigenvalue weighted by molar-refractivity contribution is 0.100. The van der Waals surface area contributed by atoms with Crippen molar-refractivity contribution in [2.45, 2.75) is 32.9 Å². The first-order valence-corrected chi connectivity index (χ1v) is 10.2. The SMILES string of the molecule is CC(C)N(C)c1nc2ccc(-c3noc(COCCc4ccc(Cl)cc4)n3)cc2[nH]1. The Morgan fingerprint density at radius 2 is 1.93 bits per heavy atom. The molecular weight excluding hydrogens is 402 g/mol. The number of aromatic nitrogens is 4. The third-order valence-electron chi connectivity index (χ3n) is 4.98. The standard InChI is InChI=1S/C22H24ClN5O2/c1-14(2)28(3)22-24-18-9-6-16(12-19(18)25-22)21-26-20(30-27-21)13-29-11-10-15-4-7-17(23)8-5-15/h4-9,12,14H,10-11,13H2,1-3H3,(H,24,25). The van der Waals surface area contributed by atoms with Gasteiger partial charge >= 0.3 is 0 Å². The maximum absolute atomic E-state index is 5.90. The van der Waals surface area contributed by atoms with Gasteiger partial charge in [0.25, 0.3) is 5.89 Å². The Hall–Kier alpha value is -2.90. The molecule has 2 aromatic heterocycles. The minimum absolute atomic E-state index is 0.274. The highest BCUT2D eigenvalue weighted by Crippen LogP contribution is 2.24. The number of nitrogens with zero attached hydrogens (tertiary/aromatic N) is 4. The molecular formula is C22H24ClN5O2. The summed E-state index contributed by atoms with van der Waals surface area (Å²) in [5.74, 6) is 1.81. The Kier molecular flexibility index (Phi) is 6.01. The number of ether oxygens (including phenoxy) is 1. The van der Waals surface area contributed by atoms with Crippen LogP contribution in [0.15, 0.2) is 47.0 Å². The predicted octanol–water partition coefficient (Wildman–Crippen LogP) is 4.87. The summed E-state index contributed by atoms with van der Waals surface area (Å²) in [5.41, 5.74) is 3.86. The summed E-state index contributed by atoms with van der Waals surface area (Å²) in [7, 11) is 2.02. The summed E-state index contributed by atoms with van der Waals surface area (Å²) >= 11 is 5.90. The van der Waals surface area contributed by atoms with Gasteiger partial charge in [0.05, 0.1) is 17.6 Å². The molecule has 0 saturated heterocycles. The number of rotatable bonds is 8. The monoisotopic (exact) mass is 425 g/mol. The van der Waals surface area contributed by atoms with E-state index in [1.165, 1.54) is 5.56 Å². The Morgan fingerprint density at radius 3 is 2.70 bits per heavy atom. The number of H-pyrrole nitrogens is 1. The van der Waals surface area contributed by atoms with Gasteiger partial charge in [-0.25, -0.2) is 4.98 Å². The lowest BCUT2D eigenvalue weighted by Gasteiger charge is -2.19. The summed E-state index contributed by atoms with van der Waals surface area (Å²) < 4.78 is 11.0. The number of anilines is 1. The van der Waals surface area contributed by atoms with Crippen molar-refractivity contribution in [3.63, 3.8) is 0 Å². The second kappa shape index (κ2) is 8.85. The fourth-order valence-electron chi connectivity index (χ4n) is 2.98. The molecule has 8 heteroatoms. The van der Waals surface area contributed by atoms with Crippen LogP contribution in [0.5, 0.6) is 0 Å². The lowest BCUT2D eigenvalue weighted by atomic mass is 10.2. The van der Waals surface area contributed by atoms with Crippen LogP contribution in [-0.2, 0) is 17.8 Å². The number of hydrogen-bond acceptors (Lipinski definition) is 6. The highest BCUT2D eigenvalue weighted by molar-refractivity contribution is 6.30. The van der Waals surface area contributed by atoms with Crippen LogP contribution in [-0.4, -0.2) is 39.8 Å². The van der Waals surface area contributed by atoms with Gasteiger partial charge in [0, 0.05) is 23.7 Å². The summed E-state index contributed by atoms with van der Waals surface area (Å²) in [6.45, 7) is 5.08. The van der Waals surface area contributed by atoms with Gasteiger partial charge in [0.2, 0.25) is 11.8 Å². The molecule has 0 radical (unpaired) electrons. The Morgan fingerprint density at radius 1 is 1.13 bits per heavy atom. The van der Waals surface area contributed by atoms with Crippen LogP contribution in [0.2, 0.25) is 5.02 Å². The molecule has 0 fully saturated rings. The Balaban J connectivity index is 1.38. The number of hydrogen-bond donors (Lipinski definition) is 1. The highest BCUT2D eigenvalue weighted by Gasteiger charge is 2.13. The van der Waals surface area contributed by atoms with Crippen LogP contribution in [0.4, 0.5) is 5.95 Å². The summed E-state index contributed by atoms with van der Waals surface area (Å²) in [4.78, 5) is 14.5. The smallest absolute Gasteiger partial charge is 0.252 e. The van der Waals surface area contributed by atoms with Gasteiger partial charge in [-0.05, 0) is 56.2 Å². The molecule has 2 heterocycles. The van der Waals surface area contributed by atoms with Gasteiger partial charge in [-0.1, -0.05) is 28.9 Å². The molecule has 0 bridgehead atoms. The Labute approximate surface area is 180 Å². The van der Waals surface area contributed by atoms with Gasteiger partial charge in [0.15, 0.2) is 0 Å². The average molecular weight is 426 g/mol. The average Bonchev–Trinajstić information content (AvgIpc) is 3.38. The van der Waals surface area contributed by atoms with Gasteiger partial charge < -0.3 is 19.1 Å². The molecule has 4 rings (SSSR count). The first kappa shape index (κ1) is 20.4. The van der Waals surface area contributed by atoms with Crippen LogP contribution in [0.25, 0.3) is 22.4 Å². The molecule has 0 atom stereocenters. The van der Waals surface area contributed by atoms with E-state index in [0.717, 1.165) is 34.0 Å². The van der Waals surface area contributed by atoms with E-state index in [2.05, 4.69) is 38.9 Å². The number of aromatic amines is 1. The number of nitrogens with one attached hydrogen (secondary N) is 1. The normalized spacial score (nSPS) is 11.5. The largest absolute Gasteiger partial charge is 0.371 e. The van der Waals surface area contributed by atoms with E-state index < -0.39 is 0 Å². The van der Waals surface area contributed by atoms with E-state index in [1.807, 2.05) is 49.5 Å². The maximum Gasteiger partial charge on any atom is 0.252 e. The third kappa shape index (κ3) is 4.63. The number of halogens is 1. The zero-order chi connectivity index (χ0) is 21.1. The van der Waals surface area contributed by atoms with Crippen molar-refractivity contribution >= 4 is 28.6 Å². The summed E-state index contributed by atoms with van der Waals surface area (Å²) in [6.07, 6.45) is 0.793. The van der Waals surface area contributed by atoms with Gasteiger partial charge in [-0.15, -0.1) is 0 Å². The zero-order valence-corrected chi connectivity index (χ0v) is 18.0. The third-order valence-corrected chi connectivity index (χ3v) is 5.23. The summed E-state index contributed by atoms with van der Waals surface area (Å²) in [6, 6.07) is 14.0. The first-order valence-electron chi connectivity index (χ1n) is 9.87. The van der Waals surface area contributed by atoms with Crippen LogP contribution in [0.1, 0.15) is 25.3 Å². The van der Waals surface area contributed by atoms with E-state index in [9.17, 15) is 0 Å². The van der Waals surface area contributed by atoms with Gasteiger partial charge in [0.1, 0.15) is 6.61 Å². The fourth-order valence-corrected chi connectivity index (χ4v) is 3.10. The highest BCUT2D eigenvalue weighted by atomic mass is 35.5. The van der Waals surface area contributed by atoms with E-state index in [-0.39, 0.29) is 6.61 Å². The molecule has 0 saturated carbocycles. The van der Waals surface area contributed by atoms with Crippen LogP contribution < -0.4 is 4.90 Å². The minimum atomic E-state index is 0.274. The molecule has 1 N–H and O–H groups in total. The number of fused-ring (bicyclic) bond motifs is 1. The fraction of sp³-hybridized carbons (Fsp3) is 0.318. The van der Waals surface area contributed by atoms with Crippen molar-refractivity contribution in [3.05, 3.63) is 58.9 Å². The van der Waals surface area contributed by atoms with Crippen LogP contribution >= 0.6 is 11.6 Å². The molecule has 0 spiro atoms. The van der Waals surface area contributed by atoms with Crippen LogP contribution in [0.3, 0.4) is 0 Å². The minimum Gasteiger partial charge on any atom is -0.371 e.